The maximum Gasteiger partial charge on any atom is 0.0587 e. The van der Waals surface area contributed by atoms with Gasteiger partial charge in [0.05, 0.1) is 15.8 Å². The molecule has 4 rings (SSSR count). The maximum absolute atomic E-state index is 9.98. The molecule has 1 fully saturated rings. The molecular weight excluding hydrogens is 278 g/mol. The highest BCUT2D eigenvalue weighted by atomic mass is 35.5. The lowest BCUT2D eigenvalue weighted by Gasteiger charge is -2.37. The predicted octanol–water partition coefficient (Wildman–Crippen LogP) is 3.44. The highest BCUT2D eigenvalue weighted by Crippen LogP contribution is 2.51. The zero-order valence-electron chi connectivity index (χ0n) is 10.5. The van der Waals surface area contributed by atoms with Gasteiger partial charge in [0, 0.05) is 11.5 Å². The summed E-state index contributed by atoms with van der Waals surface area (Å²) in [6.45, 7) is 0. The zero-order valence-corrected chi connectivity index (χ0v) is 12.1. The molecule has 2 nitrogen and oxygen atoms in total. The second kappa shape index (κ2) is 3.95. The van der Waals surface area contributed by atoms with Crippen LogP contribution in [0.15, 0.2) is 17.5 Å². The number of aliphatic hydroxyl groups is 1. The summed E-state index contributed by atoms with van der Waals surface area (Å²) in [5, 5.41) is 14.2. The Labute approximate surface area is 121 Å². The molecule has 2 aliphatic carbocycles. The van der Waals surface area contributed by atoms with Gasteiger partial charge in [-0.2, -0.15) is 0 Å². The molecule has 2 aromatic rings. The monoisotopic (exact) mass is 293 g/mol. The van der Waals surface area contributed by atoms with Crippen molar-refractivity contribution in [3.63, 3.8) is 0 Å². The van der Waals surface area contributed by atoms with Crippen LogP contribution in [0.3, 0.4) is 0 Å². The molecule has 0 aliphatic heterocycles. The van der Waals surface area contributed by atoms with Crippen LogP contribution < -0.4 is 5.73 Å². The van der Waals surface area contributed by atoms with Crippen molar-refractivity contribution in [2.75, 3.05) is 0 Å². The van der Waals surface area contributed by atoms with Crippen LogP contribution in [-0.4, -0.2) is 16.7 Å². The summed E-state index contributed by atoms with van der Waals surface area (Å²) in [6, 6.07) is 4.26. The third kappa shape index (κ3) is 1.62. The van der Waals surface area contributed by atoms with E-state index in [4.69, 9.17) is 17.3 Å². The summed E-state index contributed by atoms with van der Waals surface area (Å²) in [5.41, 5.74) is 8.98. The van der Waals surface area contributed by atoms with Gasteiger partial charge in [-0.05, 0) is 59.7 Å². The Balaban J connectivity index is 1.97. The van der Waals surface area contributed by atoms with E-state index in [1.807, 2.05) is 0 Å². The van der Waals surface area contributed by atoms with Gasteiger partial charge in [-0.15, -0.1) is 11.3 Å². The largest absolute Gasteiger partial charge is 0.393 e. The molecule has 0 saturated heterocycles. The van der Waals surface area contributed by atoms with Gasteiger partial charge in [0.2, 0.25) is 0 Å². The van der Waals surface area contributed by atoms with Gasteiger partial charge in [0.25, 0.3) is 0 Å². The van der Waals surface area contributed by atoms with Gasteiger partial charge in [-0.25, -0.2) is 0 Å². The van der Waals surface area contributed by atoms with Crippen molar-refractivity contribution in [1.82, 2.24) is 0 Å². The molecule has 0 unspecified atom stereocenters. The van der Waals surface area contributed by atoms with Crippen LogP contribution in [0.2, 0.25) is 5.02 Å². The summed E-state index contributed by atoms with van der Waals surface area (Å²) in [7, 11) is 0. The van der Waals surface area contributed by atoms with Crippen LogP contribution in [0.4, 0.5) is 0 Å². The SMILES string of the molecule is N[C@@]12CCc3c(cc(Cl)c4sccc34)[C@H]1C[C@H](O)C2. The molecule has 2 aliphatic rings. The maximum atomic E-state index is 9.98. The summed E-state index contributed by atoms with van der Waals surface area (Å²) < 4.78 is 1.18. The lowest BCUT2D eigenvalue weighted by atomic mass is 9.71. The van der Waals surface area contributed by atoms with E-state index in [1.165, 1.54) is 21.2 Å². The van der Waals surface area contributed by atoms with Crippen LogP contribution in [0.25, 0.3) is 10.1 Å². The molecule has 3 N–H and O–H groups in total. The first kappa shape index (κ1) is 12.2. The van der Waals surface area contributed by atoms with E-state index < -0.39 is 0 Å². The minimum Gasteiger partial charge on any atom is -0.393 e. The first-order chi connectivity index (χ1) is 9.08. The molecule has 0 spiro atoms. The predicted molar refractivity (Wildman–Crippen MR) is 80.1 cm³/mol. The number of aliphatic hydroxyl groups excluding tert-OH is 1. The Kier molecular flexibility index (Phi) is 2.53. The Hall–Kier alpha value is -0.610. The molecule has 1 heterocycles. The van der Waals surface area contributed by atoms with E-state index in [2.05, 4.69) is 17.5 Å². The number of benzene rings is 1. The lowest BCUT2D eigenvalue weighted by Crippen LogP contribution is -2.45. The molecule has 1 aromatic carbocycles. The number of halogens is 1. The number of fused-ring (bicyclic) bond motifs is 5. The van der Waals surface area contributed by atoms with Crippen LogP contribution in [0.5, 0.6) is 0 Å². The summed E-state index contributed by atoms with van der Waals surface area (Å²) >= 11 is 8.11. The van der Waals surface area contributed by atoms with E-state index in [0.717, 1.165) is 30.7 Å². The fraction of sp³-hybridized carbons (Fsp3) is 0.467. The molecule has 1 saturated carbocycles. The highest BCUT2D eigenvalue weighted by Gasteiger charge is 2.47. The standard InChI is InChI=1S/C15H16ClNOS/c16-13-6-11-9(10-2-4-19-14(10)13)1-3-15(17)7-8(18)5-12(11)15/h2,4,6,8,12,18H,1,3,5,7,17H2/t8-,12+,15+/m0/s1. The Morgan fingerprint density at radius 1 is 1.47 bits per heavy atom. The number of thiophene rings is 1. The highest BCUT2D eigenvalue weighted by molar-refractivity contribution is 7.17. The van der Waals surface area contributed by atoms with Gasteiger partial charge in [0.1, 0.15) is 0 Å². The van der Waals surface area contributed by atoms with Gasteiger partial charge < -0.3 is 10.8 Å². The Morgan fingerprint density at radius 3 is 3.16 bits per heavy atom. The second-order valence-electron chi connectivity index (χ2n) is 5.97. The third-order valence-corrected chi connectivity index (χ3v) is 6.23. The van der Waals surface area contributed by atoms with Crippen molar-refractivity contribution >= 4 is 33.0 Å². The van der Waals surface area contributed by atoms with E-state index in [-0.39, 0.29) is 17.6 Å². The van der Waals surface area contributed by atoms with Gasteiger partial charge in [-0.1, -0.05) is 11.6 Å². The molecule has 1 aromatic heterocycles. The van der Waals surface area contributed by atoms with Gasteiger partial charge >= 0.3 is 0 Å². The van der Waals surface area contributed by atoms with E-state index >= 15 is 0 Å². The third-order valence-electron chi connectivity index (χ3n) is 4.87. The lowest BCUT2D eigenvalue weighted by molar-refractivity contribution is 0.173. The summed E-state index contributed by atoms with van der Waals surface area (Å²) in [4.78, 5) is 0. The Morgan fingerprint density at radius 2 is 2.32 bits per heavy atom. The normalized spacial score (nSPS) is 33.4. The fourth-order valence-electron chi connectivity index (χ4n) is 4.01. The smallest absolute Gasteiger partial charge is 0.0587 e. The van der Waals surface area contributed by atoms with E-state index in [9.17, 15) is 5.11 Å². The first-order valence-corrected chi connectivity index (χ1v) is 8.00. The number of rotatable bonds is 0. The van der Waals surface area contributed by atoms with Crippen molar-refractivity contribution in [2.45, 2.75) is 43.2 Å². The molecule has 0 bridgehead atoms. The number of hydrogen-bond donors (Lipinski definition) is 2. The quantitative estimate of drug-likeness (QED) is 0.781. The van der Waals surface area contributed by atoms with Crippen molar-refractivity contribution in [3.05, 3.63) is 33.7 Å². The minimum absolute atomic E-state index is 0.237. The van der Waals surface area contributed by atoms with Crippen molar-refractivity contribution in [2.24, 2.45) is 5.73 Å². The van der Waals surface area contributed by atoms with Crippen LogP contribution in [0.1, 0.15) is 36.3 Å². The number of nitrogens with two attached hydrogens (primary N) is 1. The summed E-state index contributed by atoms with van der Waals surface area (Å²) in [5.74, 6) is 0.257. The Bertz CT molecular complexity index is 667. The zero-order chi connectivity index (χ0) is 13.2. The molecule has 0 radical (unpaired) electrons. The average Bonchev–Trinajstić information content (AvgIpc) is 2.93. The number of hydrogen-bond acceptors (Lipinski definition) is 3. The van der Waals surface area contributed by atoms with E-state index in [0.29, 0.717) is 0 Å². The van der Waals surface area contributed by atoms with Crippen molar-refractivity contribution < 1.29 is 5.11 Å². The second-order valence-corrected chi connectivity index (χ2v) is 7.29. The van der Waals surface area contributed by atoms with Crippen molar-refractivity contribution in [3.8, 4) is 0 Å². The average molecular weight is 294 g/mol. The molecule has 3 atom stereocenters. The molecular formula is C15H16ClNOS. The van der Waals surface area contributed by atoms with Gasteiger partial charge in [0.15, 0.2) is 0 Å². The van der Waals surface area contributed by atoms with Crippen LogP contribution in [0, 0.1) is 0 Å². The van der Waals surface area contributed by atoms with E-state index in [1.54, 1.807) is 11.3 Å². The molecule has 19 heavy (non-hydrogen) atoms. The first-order valence-electron chi connectivity index (χ1n) is 6.74. The van der Waals surface area contributed by atoms with Crippen LogP contribution >= 0.6 is 22.9 Å². The van der Waals surface area contributed by atoms with Crippen LogP contribution in [-0.2, 0) is 6.42 Å². The topological polar surface area (TPSA) is 46.2 Å². The number of aryl methyl sites for hydroxylation is 1. The van der Waals surface area contributed by atoms with Crippen molar-refractivity contribution in [1.29, 1.82) is 0 Å². The molecule has 4 heteroatoms. The molecule has 0 amide bonds. The molecule has 100 valence electrons. The van der Waals surface area contributed by atoms with Gasteiger partial charge in [-0.3, -0.25) is 0 Å². The minimum atomic E-state index is -0.266. The summed E-state index contributed by atoms with van der Waals surface area (Å²) in [6.07, 6.45) is 3.19. The fourth-order valence-corrected chi connectivity index (χ4v) is 5.19.